The number of methoxy groups -OCH3 is 1. The Labute approximate surface area is 183 Å². The van der Waals surface area contributed by atoms with Gasteiger partial charge in [0.05, 0.1) is 29.0 Å². The van der Waals surface area contributed by atoms with E-state index in [0.29, 0.717) is 20.6 Å². The topological polar surface area (TPSA) is 60.7 Å². The molecule has 0 N–H and O–H groups in total. The molecule has 0 radical (unpaired) electrons. The fraction of sp³-hybridized carbons (Fsp3) is 0.136. The minimum atomic E-state index is -0.749. The Hall–Kier alpha value is -2.84. The van der Waals surface area contributed by atoms with E-state index in [1.54, 1.807) is 25.1 Å². The summed E-state index contributed by atoms with van der Waals surface area (Å²) in [5.74, 6) is -0.977. The van der Waals surface area contributed by atoms with Gasteiger partial charge in [-0.05, 0) is 48.4 Å². The van der Waals surface area contributed by atoms with Crippen molar-refractivity contribution in [3.63, 3.8) is 0 Å². The summed E-state index contributed by atoms with van der Waals surface area (Å²) < 4.78 is 21.4. The average molecular weight is 487 g/mol. The quantitative estimate of drug-likeness (QED) is 0.533. The molecule has 2 aromatic carbocycles. The number of carbonyl (C=O) groups excluding carboxylic acids is 1. The van der Waals surface area contributed by atoms with E-state index in [4.69, 9.17) is 4.74 Å². The zero-order valence-electron chi connectivity index (χ0n) is 16.1. The van der Waals surface area contributed by atoms with Gasteiger partial charge in [-0.3, -0.25) is 9.36 Å². The molecule has 0 bridgehead atoms. The number of benzene rings is 2. The number of aromatic nitrogens is 1. The Morgan fingerprint density at radius 2 is 1.87 bits per heavy atom. The van der Waals surface area contributed by atoms with E-state index < -0.39 is 17.8 Å². The Morgan fingerprint density at radius 3 is 2.50 bits per heavy atom. The molecule has 1 aliphatic heterocycles. The SMILES string of the molecule is COC(=O)C1=C(C)N=c2sc(=Cc3ccc(Br)cc3)c(=O)n2C1c1ccc(F)cc1. The number of ether oxygens (including phenoxy) is 1. The Kier molecular flexibility index (Phi) is 5.53. The summed E-state index contributed by atoms with van der Waals surface area (Å²) in [6.07, 6.45) is 1.79. The lowest BCUT2D eigenvalue weighted by molar-refractivity contribution is -0.136. The van der Waals surface area contributed by atoms with E-state index in [-0.39, 0.29) is 11.1 Å². The Balaban J connectivity index is 1.96. The van der Waals surface area contributed by atoms with Crippen molar-refractivity contribution < 1.29 is 13.9 Å². The van der Waals surface area contributed by atoms with Crippen LogP contribution in [-0.4, -0.2) is 17.6 Å². The first-order valence-electron chi connectivity index (χ1n) is 9.01. The lowest BCUT2D eigenvalue weighted by Crippen LogP contribution is -2.39. The fourth-order valence-corrected chi connectivity index (χ4v) is 4.67. The minimum absolute atomic E-state index is 0.256. The highest BCUT2D eigenvalue weighted by atomic mass is 79.9. The predicted octanol–water partition coefficient (Wildman–Crippen LogP) is 3.31. The third kappa shape index (κ3) is 3.68. The predicted molar refractivity (Wildman–Crippen MR) is 116 cm³/mol. The van der Waals surface area contributed by atoms with Crippen LogP contribution in [0.3, 0.4) is 0 Å². The highest BCUT2D eigenvalue weighted by Gasteiger charge is 2.33. The van der Waals surface area contributed by atoms with Gasteiger partial charge in [-0.25, -0.2) is 14.2 Å². The van der Waals surface area contributed by atoms with E-state index in [9.17, 15) is 14.0 Å². The normalized spacial score (nSPS) is 16.3. The minimum Gasteiger partial charge on any atom is -0.466 e. The smallest absolute Gasteiger partial charge is 0.338 e. The number of rotatable bonds is 3. The monoisotopic (exact) mass is 486 g/mol. The maximum absolute atomic E-state index is 13.5. The molecule has 0 fully saturated rings. The molecule has 30 heavy (non-hydrogen) atoms. The third-order valence-corrected chi connectivity index (χ3v) is 6.29. The number of thiazole rings is 1. The summed E-state index contributed by atoms with van der Waals surface area (Å²) >= 11 is 4.64. The lowest BCUT2D eigenvalue weighted by atomic mass is 9.96. The molecule has 0 amide bonds. The standard InChI is InChI=1S/C22H16BrFN2O3S/c1-12-18(21(28)29-2)19(14-5-9-16(24)10-6-14)26-20(27)17(30-22(26)25-12)11-13-3-7-15(23)8-4-13/h3-11,19H,1-2H3. The molecule has 1 atom stereocenters. The van der Waals surface area contributed by atoms with Crippen LogP contribution < -0.4 is 14.9 Å². The van der Waals surface area contributed by atoms with Gasteiger partial charge >= 0.3 is 5.97 Å². The van der Waals surface area contributed by atoms with Crippen LogP contribution >= 0.6 is 27.3 Å². The number of halogens is 2. The van der Waals surface area contributed by atoms with Crippen molar-refractivity contribution in [3.05, 3.63) is 101 Å². The second-order valence-electron chi connectivity index (χ2n) is 6.68. The second kappa shape index (κ2) is 8.12. The van der Waals surface area contributed by atoms with Crippen molar-refractivity contribution in [3.8, 4) is 0 Å². The molecule has 2 heterocycles. The van der Waals surface area contributed by atoms with Gasteiger partial charge in [0.15, 0.2) is 4.80 Å². The van der Waals surface area contributed by atoms with Gasteiger partial charge in [0.25, 0.3) is 5.56 Å². The number of allylic oxidation sites excluding steroid dienone is 1. The molecule has 8 heteroatoms. The Morgan fingerprint density at radius 1 is 1.20 bits per heavy atom. The zero-order chi connectivity index (χ0) is 21.4. The molecule has 152 valence electrons. The maximum atomic E-state index is 13.5. The summed E-state index contributed by atoms with van der Waals surface area (Å²) in [6, 6.07) is 12.6. The van der Waals surface area contributed by atoms with E-state index >= 15 is 0 Å². The van der Waals surface area contributed by atoms with Crippen LogP contribution in [0.5, 0.6) is 0 Å². The molecule has 0 aliphatic carbocycles. The summed E-state index contributed by atoms with van der Waals surface area (Å²) in [6.45, 7) is 1.70. The third-order valence-electron chi connectivity index (χ3n) is 4.78. The van der Waals surface area contributed by atoms with Crippen LogP contribution in [0.25, 0.3) is 6.08 Å². The van der Waals surface area contributed by atoms with Crippen molar-refractivity contribution >= 4 is 39.3 Å². The summed E-state index contributed by atoms with van der Waals surface area (Å²) in [4.78, 5) is 30.8. The van der Waals surface area contributed by atoms with Gasteiger partial charge in [0.1, 0.15) is 5.82 Å². The summed E-state index contributed by atoms with van der Waals surface area (Å²) in [5, 5.41) is 0. The number of hydrogen-bond donors (Lipinski definition) is 0. The van der Waals surface area contributed by atoms with E-state index in [1.807, 2.05) is 24.3 Å². The highest BCUT2D eigenvalue weighted by Crippen LogP contribution is 2.30. The first-order valence-corrected chi connectivity index (χ1v) is 10.6. The maximum Gasteiger partial charge on any atom is 0.338 e. The summed E-state index contributed by atoms with van der Waals surface area (Å²) in [5.41, 5.74) is 1.91. The van der Waals surface area contributed by atoms with Gasteiger partial charge in [-0.2, -0.15) is 0 Å². The molecule has 1 aromatic heterocycles. The number of fused-ring (bicyclic) bond motifs is 1. The van der Waals surface area contributed by atoms with Gasteiger partial charge in [-0.1, -0.05) is 51.5 Å². The van der Waals surface area contributed by atoms with Crippen LogP contribution in [-0.2, 0) is 9.53 Å². The molecular formula is C22H16BrFN2O3S. The van der Waals surface area contributed by atoms with Gasteiger partial charge in [0.2, 0.25) is 0 Å². The van der Waals surface area contributed by atoms with Crippen molar-refractivity contribution in [2.75, 3.05) is 7.11 Å². The first kappa shape index (κ1) is 20.4. The highest BCUT2D eigenvalue weighted by molar-refractivity contribution is 9.10. The van der Waals surface area contributed by atoms with Crippen LogP contribution in [0.2, 0.25) is 0 Å². The van der Waals surface area contributed by atoms with Crippen LogP contribution in [0.1, 0.15) is 24.1 Å². The van der Waals surface area contributed by atoms with Crippen molar-refractivity contribution in [2.24, 2.45) is 4.99 Å². The molecule has 0 saturated heterocycles. The van der Waals surface area contributed by atoms with Gasteiger partial charge in [0, 0.05) is 4.47 Å². The molecule has 0 spiro atoms. The molecule has 5 nitrogen and oxygen atoms in total. The second-order valence-corrected chi connectivity index (χ2v) is 8.60. The van der Waals surface area contributed by atoms with Crippen LogP contribution in [0, 0.1) is 5.82 Å². The molecular weight excluding hydrogens is 471 g/mol. The van der Waals surface area contributed by atoms with Crippen molar-refractivity contribution in [1.29, 1.82) is 0 Å². The average Bonchev–Trinajstić information content (AvgIpc) is 3.03. The van der Waals surface area contributed by atoms with E-state index in [1.165, 1.54) is 35.1 Å². The largest absolute Gasteiger partial charge is 0.466 e. The zero-order valence-corrected chi connectivity index (χ0v) is 18.5. The molecule has 0 saturated carbocycles. The number of nitrogens with zero attached hydrogens (tertiary/aromatic N) is 2. The van der Waals surface area contributed by atoms with Crippen LogP contribution in [0.4, 0.5) is 4.39 Å². The number of carbonyl (C=O) groups is 1. The number of esters is 1. The molecule has 4 rings (SSSR count). The van der Waals surface area contributed by atoms with Crippen molar-refractivity contribution in [2.45, 2.75) is 13.0 Å². The van der Waals surface area contributed by atoms with E-state index in [2.05, 4.69) is 20.9 Å². The van der Waals surface area contributed by atoms with Crippen LogP contribution in [0.15, 0.2) is 74.1 Å². The lowest BCUT2D eigenvalue weighted by Gasteiger charge is -2.24. The Bertz CT molecular complexity index is 1340. The van der Waals surface area contributed by atoms with Gasteiger partial charge < -0.3 is 4.74 Å². The molecule has 1 unspecified atom stereocenters. The molecule has 3 aromatic rings. The number of hydrogen-bond acceptors (Lipinski definition) is 5. The van der Waals surface area contributed by atoms with E-state index in [0.717, 1.165) is 10.0 Å². The summed E-state index contributed by atoms with van der Waals surface area (Å²) in [7, 11) is 1.28. The van der Waals surface area contributed by atoms with Gasteiger partial charge in [-0.15, -0.1) is 0 Å². The first-order chi connectivity index (χ1) is 14.4. The molecule has 1 aliphatic rings. The fourth-order valence-electron chi connectivity index (χ4n) is 3.36. The van der Waals surface area contributed by atoms with Crippen molar-refractivity contribution in [1.82, 2.24) is 4.57 Å².